The van der Waals surface area contributed by atoms with Gasteiger partial charge in [0.2, 0.25) is 0 Å². The van der Waals surface area contributed by atoms with Gasteiger partial charge in [0.1, 0.15) is 11.9 Å². The zero-order valence-electron chi connectivity index (χ0n) is 12.2. The van der Waals surface area contributed by atoms with Crippen LogP contribution in [0.25, 0.3) is 0 Å². The number of hydrogen-bond acceptors (Lipinski definition) is 3. The zero-order valence-corrected chi connectivity index (χ0v) is 12.2. The number of aryl methyl sites for hydroxylation is 3. The number of nitrogens with one attached hydrogen (secondary N) is 1. The van der Waals surface area contributed by atoms with Crippen molar-refractivity contribution in [1.29, 1.82) is 0 Å². The van der Waals surface area contributed by atoms with Crippen molar-refractivity contribution in [3.63, 3.8) is 0 Å². The molecule has 0 aliphatic rings. The minimum absolute atomic E-state index is 0.0951. The molecule has 0 amide bonds. The molecule has 0 fully saturated rings. The Morgan fingerprint density at radius 2 is 2.11 bits per heavy atom. The first-order valence-electron chi connectivity index (χ1n) is 6.98. The van der Waals surface area contributed by atoms with Gasteiger partial charge in [0.25, 0.3) is 0 Å². The van der Waals surface area contributed by atoms with Crippen LogP contribution in [0.1, 0.15) is 44.0 Å². The second kappa shape index (κ2) is 6.02. The molecule has 1 atom stereocenters. The van der Waals surface area contributed by atoms with Gasteiger partial charge in [0.05, 0.1) is 11.4 Å². The molecule has 104 valence electrons. The monoisotopic (exact) mass is 261 g/mol. The molecule has 0 aliphatic heterocycles. The van der Waals surface area contributed by atoms with Crippen molar-refractivity contribution in [2.75, 3.05) is 6.54 Å². The summed E-state index contributed by atoms with van der Waals surface area (Å²) in [5, 5.41) is 8.05. The van der Waals surface area contributed by atoms with E-state index in [0.717, 1.165) is 31.0 Å². The molecule has 2 heterocycles. The van der Waals surface area contributed by atoms with Gasteiger partial charge in [0.15, 0.2) is 0 Å². The van der Waals surface area contributed by atoms with Crippen LogP contribution in [-0.2, 0) is 20.0 Å². The summed E-state index contributed by atoms with van der Waals surface area (Å²) in [5.74, 6) is 1.05. The summed E-state index contributed by atoms with van der Waals surface area (Å²) in [4.78, 5) is 4.52. The fraction of sp³-hybridized carbons (Fsp3) is 0.571. The van der Waals surface area contributed by atoms with E-state index >= 15 is 0 Å². The largest absolute Gasteiger partial charge is 0.334 e. The highest BCUT2D eigenvalue weighted by atomic mass is 15.3. The molecular weight excluding hydrogens is 238 g/mol. The van der Waals surface area contributed by atoms with Gasteiger partial charge in [-0.25, -0.2) is 4.98 Å². The predicted molar refractivity (Wildman–Crippen MR) is 76.0 cm³/mol. The van der Waals surface area contributed by atoms with Gasteiger partial charge >= 0.3 is 0 Å². The highest BCUT2D eigenvalue weighted by molar-refractivity contribution is 5.21. The van der Waals surface area contributed by atoms with Crippen LogP contribution < -0.4 is 5.32 Å². The molecule has 0 aromatic carbocycles. The smallest absolute Gasteiger partial charge is 0.132 e. The summed E-state index contributed by atoms with van der Waals surface area (Å²) in [7, 11) is 2.00. The molecule has 19 heavy (non-hydrogen) atoms. The Labute approximate surface area is 114 Å². The standard InChI is InChI=1S/C14H23N5/c1-5-11-10-12(18(4)17-11)13(15-6-2)14-16-8-9-19(14)7-3/h8-10,13,15H,5-7H2,1-4H3. The third-order valence-corrected chi connectivity index (χ3v) is 3.38. The SMILES string of the molecule is CCNC(c1nccn1CC)c1cc(CC)nn1C. The molecule has 0 bridgehead atoms. The quantitative estimate of drug-likeness (QED) is 0.864. The molecule has 1 unspecified atom stereocenters. The molecule has 5 heteroatoms. The third-order valence-electron chi connectivity index (χ3n) is 3.38. The van der Waals surface area contributed by atoms with E-state index in [9.17, 15) is 0 Å². The molecule has 0 radical (unpaired) electrons. The van der Waals surface area contributed by atoms with Crippen LogP contribution in [-0.4, -0.2) is 25.9 Å². The first-order chi connectivity index (χ1) is 9.21. The number of imidazole rings is 1. The molecule has 1 N–H and O–H groups in total. The van der Waals surface area contributed by atoms with Gasteiger partial charge in [-0.2, -0.15) is 5.10 Å². The summed E-state index contributed by atoms with van der Waals surface area (Å²) in [6, 6.07) is 2.26. The van der Waals surface area contributed by atoms with Crippen molar-refractivity contribution < 1.29 is 0 Å². The van der Waals surface area contributed by atoms with E-state index < -0.39 is 0 Å². The van der Waals surface area contributed by atoms with Gasteiger partial charge in [-0.1, -0.05) is 13.8 Å². The molecule has 2 aromatic rings. The predicted octanol–water partition coefficient (Wildman–Crippen LogP) is 1.90. The summed E-state index contributed by atoms with van der Waals surface area (Å²) >= 11 is 0. The van der Waals surface area contributed by atoms with E-state index in [0.29, 0.717) is 0 Å². The summed E-state index contributed by atoms with van der Waals surface area (Å²) in [5.41, 5.74) is 2.29. The number of hydrogen-bond donors (Lipinski definition) is 1. The number of aromatic nitrogens is 4. The van der Waals surface area contributed by atoms with Crippen LogP contribution >= 0.6 is 0 Å². The van der Waals surface area contributed by atoms with Crippen LogP contribution in [0.4, 0.5) is 0 Å². The van der Waals surface area contributed by atoms with E-state index in [2.05, 4.69) is 46.8 Å². The van der Waals surface area contributed by atoms with Crippen molar-refractivity contribution in [3.8, 4) is 0 Å². The fourth-order valence-electron chi connectivity index (χ4n) is 2.37. The highest BCUT2D eigenvalue weighted by Gasteiger charge is 2.21. The normalized spacial score (nSPS) is 12.8. The zero-order chi connectivity index (χ0) is 13.8. The van der Waals surface area contributed by atoms with Crippen molar-refractivity contribution in [2.24, 2.45) is 7.05 Å². The minimum atomic E-state index is 0.0951. The average molecular weight is 261 g/mol. The maximum atomic E-state index is 4.54. The lowest BCUT2D eigenvalue weighted by atomic mass is 10.1. The fourth-order valence-corrected chi connectivity index (χ4v) is 2.37. The van der Waals surface area contributed by atoms with Crippen molar-refractivity contribution >= 4 is 0 Å². The minimum Gasteiger partial charge on any atom is -0.334 e. The second-order valence-corrected chi connectivity index (χ2v) is 4.60. The second-order valence-electron chi connectivity index (χ2n) is 4.60. The van der Waals surface area contributed by atoms with Crippen molar-refractivity contribution in [1.82, 2.24) is 24.6 Å². The first kappa shape index (κ1) is 13.8. The maximum absolute atomic E-state index is 4.54. The molecule has 5 nitrogen and oxygen atoms in total. The van der Waals surface area contributed by atoms with E-state index in [1.165, 1.54) is 5.69 Å². The molecule has 0 spiro atoms. The van der Waals surface area contributed by atoms with Gasteiger partial charge in [-0.05, 0) is 26.0 Å². The van der Waals surface area contributed by atoms with E-state index in [-0.39, 0.29) is 6.04 Å². The van der Waals surface area contributed by atoms with Crippen LogP contribution in [0.3, 0.4) is 0 Å². The van der Waals surface area contributed by atoms with Crippen molar-refractivity contribution in [3.05, 3.63) is 35.7 Å². The number of nitrogens with zero attached hydrogens (tertiary/aromatic N) is 4. The van der Waals surface area contributed by atoms with Crippen LogP contribution in [0.5, 0.6) is 0 Å². The van der Waals surface area contributed by atoms with Crippen LogP contribution in [0.2, 0.25) is 0 Å². The molecule has 0 saturated carbocycles. The molecular formula is C14H23N5. The van der Waals surface area contributed by atoms with Gasteiger partial charge in [0, 0.05) is 26.0 Å². The molecule has 2 rings (SSSR count). The Hall–Kier alpha value is -1.62. The molecule has 2 aromatic heterocycles. The average Bonchev–Trinajstić information content (AvgIpc) is 3.02. The number of rotatable bonds is 6. The van der Waals surface area contributed by atoms with E-state index in [1.54, 1.807) is 0 Å². The topological polar surface area (TPSA) is 47.7 Å². The lowest BCUT2D eigenvalue weighted by molar-refractivity contribution is 0.522. The Kier molecular flexibility index (Phi) is 4.37. The van der Waals surface area contributed by atoms with Gasteiger partial charge < -0.3 is 9.88 Å². The summed E-state index contributed by atoms with van der Waals surface area (Å²) in [6.07, 6.45) is 4.84. The van der Waals surface area contributed by atoms with Crippen LogP contribution in [0.15, 0.2) is 18.5 Å². The highest BCUT2D eigenvalue weighted by Crippen LogP contribution is 2.21. The van der Waals surface area contributed by atoms with Crippen LogP contribution in [0, 0.1) is 0 Å². The lowest BCUT2D eigenvalue weighted by Crippen LogP contribution is -2.27. The first-order valence-corrected chi connectivity index (χ1v) is 6.98. The van der Waals surface area contributed by atoms with E-state index in [1.807, 2.05) is 24.1 Å². The molecule has 0 aliphatic carbocycles. The maximum Gasteiger partial charge on any atom is 0.132 e. The lowest BCUT2D eigenvalue weighted by Gasteiger charge is -2.18. The van der Waals surface area contributed by atoms with Gasteiger partial charge in [-0.3, -0.25) is 4.68 Å². The summed E-state index contributed by atoms with van der Waals surface area (Å²) < 4.78 is 4.13. The Morgan fingerprint density at radius 1 is 1.32 bits per heavy atom. The molecule has 0 saturated heterocycles. The van der Waals surface area contributed by atoms with Gasteiger partial charge in [-0.15, -0.1) is 0 Å². The third kappa shape index (κ3) is 2.71. The Morgan fingerprint density at radius 3 is 2.68 bits per heavy atom. The van der Waals surface area contributed by atoms with Crippen molar-refractivity contribution in [2.45, 2.75) is 39.8 Å². The Bertz CT molecular complexity index is 526. The van der Waals surface area contributed by atoms with E-state index in [4.69, 9.17) is 0 Å². The summed E-state index contributed by atoms with van der Waals surface area (Å²) in [6.45, 7) is 8.20. The Balaban J connectivity index is 2.42.